The van der Waals surface area contributed by atoms with Gasteiger partial charge in [-0.15, -0.1) is 0 Å². The average Bonchev–Trinajstić information content (AvgIpc) is 3.07. The summed E-state index contributed by atoms with van der Waals surface area (Å²) in [5, 5.41) is 3.24. The maximum atomic E-state index is 12.5. The van der Waals surface area contributed by atoms with E-state index < -0.39 is 23.2 Å². The number of rotatable bonds is 3. The van der Waals surface area contributed by atoms with Gasteiger partial charge in [-0.3, -0.25) is 0 Å². The molecular formula is C17H19InN3O. The van der Waals surface area contributed by atoms with E-state index in [1.165, 1.54) is 34.8 Å². The van der Waals surface area contributed by atoms with Crippen LogP contribution in [-0.4, -0.2) is 65.4 Å². The molecule has 2 bridgehead atoms. The summed E-state index contributed by atoms with van der Waals surface area (Å²) in [6.07, 6.45) is 4.47. The summed E-state index contributed by atoms with van der Waals surface area (Å²) in [5.74, 6) is 0.700. The molecule has 0 unspecified atom stereocenters. The Morgan fingerprint density at radius 2 is 2.00 bits per heavy atom. The standard InChI is InChI=1S/C17H19N3O.In/c18-15(7-6-13-4-2-1-3-5-13)17(21)19-16-12-20-10-8-14(16)9-11-20;/h1-5,7,14,16H,8-12H2,(H,19,21);/q-1;+1/t16-;/m0./s1. The topological polar surface area (TPSA) is 44.7 Å². The molecule has 4 aliphatic heterocycles. The molecule has 22 heavy (non-hydrogen) atoms. The van der Waals surface area contributed by atoms with Crippen molar-refractivity contribution >= 4 is 38.1 Å². The molecule has 0 aliphatic carbocycles. The van der Waals surface area contributed by atoms with Crippen molar-refractivity contribution in [3.8, 4) is 0 Å². The van der Waals surface area contributed by atoms with Gasteiger partial charge in [0, 0.05) is 0 Å². The normalized spacial score (nSPS) is 29.5. The molecule has 0 spiro atoms. The van der Waals surface area contributed by atoms with Crippen LogP contribution in [0.4, 0.5) is 0 Å². The first-order valence-corrected chi connectivity index (χ1v) is 11.1. The van der Waals surface area contributed by atoms with E-state index in [0.717, 1.165) is 6.54 Å². The van der Waals surface area contributed by atoms with Gasteiger partial charge in [-0.05, 0) is 0 Å². The fraction of sp³-hybridized carbons (Fsp3) is 0.412. The fourth-order valence-electron chi connectivity index (χ4n) is 3.64. The number of benzene rings is 1. The summed E-state index contributed by atoms with van der Waals surface area (Å²) in [6, 6.07) is 10.7. The van der Waals surface area contributed by atoms with E-state index in [-0.39, 0.29) is 5.91 Å². The zero-order chi connectivity index (χ0) is 14.9. The molecule has 1 atom stereocenters. The summed E-state index contributed by atoms with van der Waals surface area (Å²) in [5.41, 5.74) is 1.90. The third kappa shape index (κ3) is 2.88. The van der Waals surface area contributed by atoms with Crippen molar-refractivity contribution in [3.63, 3.8) is 0 Å². The molecule has 1 N–H and O–H groups in total. The number of fused-ring (bicyclic) bond motifs is 3. The molecule has 4 nitrogen and oxygen atoms in total. The van der Waals surface area contributed by atoms with Gasteiger partial charge in [0.05, 0.1) is 0 Å². The van der Waals surface area contributed by atoms with Gasteiger partial charge < -0.3 is 0 Å². The SMILES string of the molecule is O=C(N[C@H]1CN2CCC1CC2)C1=[N][In][C](c2ccccc2)=C1. The van der Waals surface area contributed by atoms with Gasteiger partial charge in [0.2, 0.25) is 0 Å². The Hall–Kier alpha value is -1.07. The molecule has 111 valence electrons. The van der Waals surface area contributed by atoms with E-state index in [0.29, 0.717) is 17.7 Å². The van der Waals surface area contributed by atoms with Crippen LogP contribution >= 0.6 is 0 Å². The Bertz CT molecular complexity index is 633. The maximum absolute atomic E-state index is 12.5. The number of nitrogens with one attached hydrogen (secondary N) is 1. The summed E-state index contributed by atoms with van der Waals surface area (Å²) < 4.78 is 5.92. The van der Waals surface area contributed by atoms with Crippen LogP contribution < -0.4 is 5.32 Å². The number of carbonyl (C=O) groups excluding carboxylic acids is 1. The van der Waals surface area contributed by atoms with Crippen molar-refractivity contribution in [3.05, 3.63) is 42.0 Å². The number of hydrogen-bond acceptors (Lipinski definition) is 3. The monoisotopic (exact) mass is 396 g/mol. The zero-order valence-corrected chi connectivity index (χ0v) is 15.8. The van der Waals surface area contributed by atoms with Crippen LogP contribution in [0.3, 0.4) is 0 Å². The molecule has 5 heteroatoms. The molecule has 5 rings (SSSR count). The van der Waals surface area contributed by atoms with Crippen LogP contribution in [0, 0.1) is 5.92 Å². The molecule has 1 aromatic rings. The number of amides is 1. The molecular weight excluding hydrogens is 377 g/mol. The minimum atomic E-state index is -1.18. The molecule has 4 heterocycles. The number of carbonyl (C=O) groups is 1. The Kier molecular flexibility index (Phi) is 4.09. The second kappa shape index (κ2) is 6.20. The van der Waals surface area contributed by atoms with Crippen LogP contribution in [0.15, 0.2) is 39.4 Å². The predicted molar refractivity (Wildman–Crippen MR) is 88.7 cm³/mol. The Labute approximate surface area is 142 Å². The third-order valence-corrected chi connectivity index (χ3v) is 8.33. The van der Waals surface area contributed by atoms with Crippen LogP contribution in [0.1, 0.15) is 18.4 Å². The van der Waals surface area contributed by atoms with E-state index in [9.17, 15) is 4.79 Å². The van der Waals surface area contributed by atoms with Gasteiger partial charge in [-0.2, -0.15) is 0 Å². The first-order valence-electron chi connectivity index (χ1n) is 8.01. The number of nitrogens with zero attached hydrogens (tertiary/aromatic N) is 2. The molecule has 3 fully saturated rings. The van der Waals surface area contributed by atoms with Gasteiger partial charge in [0.15, 0.2) is 0 Å². The number of piperidine rings is 3. The first-order chi connectivity index (χ1) is 10.8. The van der Waals surface area contributed by atoms with E-state index >= 15 is 0 Å². The van der Waals surface area contributed by atoms with Crippen molar-refractivity contribution in [1.29, 1.82) is 0 Å². The summed E-state index contributed by atoms with van der Waals surface area (Å²) in [4.78, 5) is 15.0. The van der Waals surface area contributed by atoms with Gasteiger partial charge in [-0.1, -0.05) is 0 Å². The van der Waals surface area contributed by atoms with Gasteiger partial charge in [0.1, 0.15) is 0 Å². The van der Waals surface area contributed by atoms with E-state index in [4.69, 9.17) is 0 Å². The van der Waals surface area contributed by atoms with Crippen LogP contribution in [0.25, 0.3) is 3.33 Å². The molecule has 1 aromatic carbocycles. The molecule has 1 radical (unpaired) electrons. The third-order valence-electron chi connectivity index (χ3n) is 4.95. The van der Waals surface area contributed by atoms with Gasteiger partial charge >= 0.3 is 143 Å². The van der Waals surface area contributed by atoms with E-state index in [1.807, 2.05) is 24.3 Å². The van der Waals surface area contributed by atoms with Gasteiger partial charge in [0.25, 0.3) is 0 Å². The molecule has 1 amide bonds. The zero-order valence-electron chi connectivity index (χ0n) is 12.5. The average molecular weight is 396 g/mol. The van der Waals surface area contributed by atoms with E-state index in [1.54, 1.807) is 0 Å². The van der Waals surface area contributed by atoms with Crippen molar-refractivity contribution in [2.45, 2.75) is 18.9 Å². The Morgan fingerprint density at radius 3 is 2.68 bits per heavy atom. The molecule has 3 saturated heterocycles. The van der Waals surface area contributed by atoms with Crippen LogP contribution in [-0.2, 0) is 4.79 Å². The second-order valence-corrected chi connectivity index (χ2v) is 9.58. The van der Waals surface area contributed by atoms with Crippen molar-refractivity contribution < 1.29 is 4.79 Å². The molecule has 0 aromatic heterocycles. The first kappa shape index (κ1) is 14.5. The quantitative estimate of drug-likeness (QED) is 0.838. The van der Waals surface area contributed by atoms with Gasteiger partial charge in [-0.25, -0.2) is 0 Å². The number of hydrogen-bond donors (Lipinski definition) is 1. The fourth-order valence-corrected chi connectivity index (χ4v) is 6.62. The van der Waals surface area contributed by atoms with Crippen molar-refractivity contribution in [2.75, 3.05) is 19.6 Å². The summed E-state index contributed by atoms with van der Waals surface area (Å²) in [7, 11) is 0. The predicted octanol–water partition coefficient (Wildman–Crippen LogP) is 1.31. The Balaban J connectivity index is 1.42. The van der Waals surface area contributed by atoms with Crippen molar-refractivity contribution in [2.24, 2.45) is 8.90 Å². The summed E-state index contributed by atoms with van der Waals surface area (Å²) in [6.45, 7) is 3.41. The van der Waals surface area contributed by atoms with E-state index in [2.05, 4.69) is 25.3 Å². The summed E-state index contributed by atoms with van der Waals surface area (Å²) >= 11 is -1.18. The Morgan fingerprint density at radius 1 is 1.23 bits per heavy atom. The van der Waals surface area contributed by atoms with Crippen LogP contribution in [0.2, 0.25) is 0 Å². The molecule has 4 aliphatic rings. The minimum absolute atomic E-state index is 0.0379. The van der Waals surface area contributed by atoms with Crippen molar-refractivity contribution in [1.82, 2.24) is 10.2 Å². The molecule has 0 saturated carbocycles. The van der Waals surface area contributed by atoms with Crippen LogP contribution in [0.5, 0.6) is 0 Å². The second-order valence-electron chi connectivity index (χ2n) is 6.33.